The Balaban J connectivity index is 1.63. The Hall–Kier alpha value is -3.48. The van der Waals surface area contributed by atoms with Crippen LogP contribution in [0.15, 0.2) is 53.6 Å². The van der Waals surface area contributed by atoms with Crippen molar-refractivity contribution in [2.75, 3.05) is 6.54 Å². The van der Waals surface area contributed by atoms with E-state index in [-0.39, 0.29) is 11.6 Å². The number of aromatic nitrogens is 4. The van der Waals surface area contributed by atoms with Crippen LogP contribution >= 0.6 is 0 Å². The van der Waals surface area contributed by atoms with Crippen LogP contribution in [0, 0.1) is 13.8 Å². The molecule has 0 aliphatic carbocycles. The molecule has 136 valence electrons. The van der Waals surface area contributed by atoms with Crippen LogP contribution in [0.5, 0.6) is 0 Å². The van der Waals surface area contributed by atoms with Crippen molar-refractivity contribution in [3.63, 3.8) is 0 Å². The summed E-state index contributed by atoms with van der Waals surface area (Å²) in [5, 5.41) is 8.25. The van der Waals surface area contributed by atoms with Crippen LogP contribution in [-0.2, 0) is 6.54 Å². The third-order valence-electron chi connectivity index (χ3n) is 4.52. The van der Waals surface area contributed by atoms with Gasteiger partial charge >= 0.3 is 5.69 Å². The standard InChI is InChI=1S/C20H19N5O2/c1-13-5-6-15-11-14(2)18-23-24(20(27)25(18)17(15)10-13)9-8-22-19(26)16-4-3-7-21-12-16/h3-7,10-12H,8-9H2,1-2H3,(H,22,26). The zero-order chi connectivity index (χ0) is 19.0. The number of hydrogen-bond acceptors (Lipinski definition) is 4. The number of pyridine rings is 2. The second-order valence-corrected chi connectivity index (χ2v) is 6.55. The van der Waals surface area contributed by atoms with E-state index in [0.717, 1.165) is 22.0 Å². The molecule has 0 unspecified atom stereocenters. The van der Waals surface area contributed by atoms with Gasteiger partial charge in [0.05, 0.1) is 17.6 Å². The quantitative estimate of drug-likeness (QED) is 0.603. The highest BCUT2D eigenvalue weighted by Gasteiger charge is 2.13. The molecule has 0 atom stereocenters. The Morgan fingerprint density at radius 3 is 2.81 bits per heavy atom. The van der Waals surface area contributed by atoms with Crippen molar-refractivity contribution >= 4 is 22.5 Å². The molecule has 0 bridgehead atoms. The van der Waals surface area contributed by atoms with Crippen molar-refractivity contribution in [2.24, 2.45) is 0 Å². The second kappa shape index (κ2) is 6.68. The molecule has 7 nitrogen and oxygen atoms in total. The molecule has 0 saturated heterocycles. The van der Waals surface area contributed by atoms with Gasteiger partial charge in [-0.3, -0.25) is 9.78 Å². The van der Waals surface area contributed by atoms with Crippen LogP contribution in [0.25, 0.3) is 16.6 Å². The SMILES string of the molecule is Cc1ccc2cc(C)c3nn(CCNC(=O)c4cccnc4)c(=O)n3c2c1. The minimum Gasteiger partial charge on any atom is -0.350 e. The van der Waals surface area contributed by atoms with Crippen LogP contribution in [-0.4, -0.2) is 31.6 Å². The molecular formula is C20H19N5O2. The maximum atomic E-state index is 12.9. The molecule has 27 heavy (non-hydrogen) atoms. The Kier molecular flexibility index (Phi) is 4.19. The van der Waals surface area contributed by atoms with Gasteiger partial charge in [-0.15, -0.1) is 5.10 Å². The highest BCUT2D eigenvalue weighted by atomic mass is 16.2. The molecule has 0 aliphatic rings. The van der Waals surface area contributed by atoms with E-state index >= 15 is 0 Å². The minimum absolute atomic E-state index is 0.208. The van der Waals surface area contributed by atoms with Crippen molar-refractivity contribution in [3.05, 3.63) is 76.0 Å². The third-order valence-corrected chi connectivity index (χ3v) is 4.52. The summed E-state index contributed by atoms with van der Waals surface area (Å²) in [5.74, 6) is -0.225. The predicted molar refractivity (Wildman–Crippen MR) is 103 cm³/mol. The smallest absolute Gasteiger partial charge is 0.350 e. The Morgan fingerprint density at radius 1 is 1.19 bits per heavy atom. The molecule has 4 aromatic rings. The van der Waals surface area contributed by atoms with Gasteiger partial charge in [0, 0.05) is 18.9 Å². The van der Waals surface area contributed by atoms with E-state index in [1.165, 1.54) is 10.9 Å². The number of hydrogen-bond donors (Lipinski definition) is 1. The molecule has 3 heterocycles. The maximum Gasteiger partial charge on any atom is 0.350 e. The number of amides is 1. The Bertz CT molecular complexity index is 1210. The summed E-state index contributed by atoms with van der Waals surface area (Å²) >= 11 is 0. The lowest BCUT2D eigenvalue weighted by Gasteiger charge is -2.04. The third kappa shape index (κ3) is 3.08. The molecule has 1 N–H and O–H groups in total. The topological polar surface area (TPSA) is 81.3 Å². The zero-order valence-electron chi connectivity index (χ0n) is 15.1. The van der Waals surface area contributed by atoms with E-state index in [4.69, 9.17) is 0 Å². The first-order valence-corrected chi connectivity index (χ1v) is 8.72. The molecule has 4 rings (SSSR count). The molecule has 1 amide bonds. The first kappa shape index (κ1) is 17.0. The number of carbonyl (C=O) groups is 1. The summed E-state index contributed by atoms with van der Waals surface area (Å²) in [5.41, 5.74) is 3.76. The highest BCUT2D eigenvalue weighted by molar-refractivity contribution is 5.93. The van der Waals surface area contributed by atoms with Crippen LogP contribution in [0.4, 0.5) is 0 Å². The summed E-state index contributed by atoms with van der Waals surface area (Å²) in [6, 6.07) is 11.4. The Morgan fingerprint density at radius 2 is 2.04 bits per heavy atom. The van der Waals surface area contributed by atoms with E-state index in [1.807, 2.05) is 38.1 Å². The van der Waals surface area contributed by atoms with Gasteiger partial charge in [-0.1, -0.05) is 12.1 Å². The molecule has 0 fully saturated rings. The van der Waals surface area contributed by atoms with Crippen molar-refractivity contribution in [3.8, 4) is 0 Å². The fourth-order valence-electron chi connectivity index (χ4n) is 3.17. The summed E-state index contributed by atoms with van der Waals surface area (Å²) in [6.07, 6.45) is 3.12. The zero-order valence-corrected chi connectivity index (χ0v) is 15.1. The number of nitrogens with one attached hydrogen (secondary N) is 1. The fraction of sp³-hybridized carbons (Fsp3) is 0.200. The number of benzene rings is 1. The van der Waals surface area contributed by atoms with Crippen molar-refractivity contribution < 1.29 is 4.79 Å². The lowest BCUT2D eigenvalue weighted by molar-refractivity contribution is 0.0951. The summed E-state index contributed by atoms with van der Waals surface area (Å²) in [7, 11) is 0. The van der Waals surface area contributed by atoms with Gasteiger partial charge in [0.2, 0.25) is 0 Å². The first-order valence-electron chi connectivity index (χ1n) is 8.72. The van der Waals surface area contributed by atoms with Crippen LogP contribution in [0.2, 0.25) is 0 Å². The fourth-order valence-corrected chi connectivity index (χ4v) is 3.17. The molecule has 0 radical (unpaired) electrons. The molecule has 0 aliphatic heterocycles. The van der Waals surface area contributed by atoms with Gasteiger partial charge in [-0.2, -0.15) is 0 Å². The molecule has 3 aromatic heterocycles. The van der Waals surface area contributed by atoms with Crippen LogP contribution in [0.3, 0.4) is 0 Å². The van der Waals surface area contributed by atoms with Gasteiger partial charge in [-0.05, 0) is 54.6 Å². The normalized spacial score (nSPS) is 11.2. The van der Waals surface area contributed by atoms with Gasteiger partial charge in [-0.25, -0.2) is 13.9 Å². The van der Waals surface area contributed by atoms with E-state index in [1.54, 1.807) is 22.7 Å². The maximum absolute atomic E-state index is 12.9. The lowest BCUT2D eigenvalue weighted by Crippen LogP contribution is -2.31. The van der Waals surface area contributed by atoms with E-state index in [9.17, 15) is 9.59 Å². The molecule has 0 saturated carbocycles. The monoisotopic (exact) mass is 361 g/mol. The summed E-state index contributed by atoms with van der Waals surface area (Å²) in [4.78, 5) is 28.9. The Labute approximate surface area is 155 Å². The number of rotatable bonds is 4. The van der Waals surface area contributed by atoms with E-state index in [0.29, 0.717) is 24.3 Å². The number of fused-ring (bicyclic) bond motifs is 3. The largest absolute Gasteiger partial charge is 0.350 e. The first-order chi connectivity index (χ1) is 13.0. The predicted octanol–water partition coefficient (Wildman–Crippen LogP) is 2.09. The van der Waals surface area contributed by atoms with Crippen LogP contribution in [0.1, 0.15) is 21.5 Å². The molecular weight excluding hydrogens is 342 g/mol. The number of carbonyl (C=O) groups excluding carboxylic acids is 1. The average molecular weight is 361 g/mol. The summed E-state index contributed by atoms with van der Waals surface area (Å²) in [6.45, 7) is 4.52. The lowest BCUT2D eigenvalue weighted by atomic mass is 10.1. The highest BCUT2D eigenvalue weighted by Crippen LogP contribution is 2.19. The molecule has 0 spiro atoms. The van der Waals surface area contributed by atoms with Crippen molar-refractivity contribution in [2.45, 2.75) is 20.4 Å². The van der Waals surface area contributed by atoms with Gasteiger partial charge in [0.1, 0.15) is 0 Å². The second-order valence-electron chi connectivity index (χ2n) is 6.55. The van der Waals surface area contributed by atoms with E-state index < -0.39 is 0 Å². The van der Waals surface area contributed by atoms with Crippen molar-refractivity contribution in [1.29, 1.82) is 0 Å². The van der Waals surface area contributed by atoms with Gasteiger partial charge in [0.15, 0.2) is 5.65 Å². The average Bonchev–Trinajstić information content (AvgIpc) is 3.01. The number of aryl methyl sites for hydroxylation is 2. The number of nitrogens with zero attached hydrogens (tertiary/aromatic N) is 4. The molecule has 7 heteroatoms. The van der Waals surface area contributed by atoms with Gasteiger partial charge < -0.3 is 5.32 Å². The van der Waals surface area contributed by atoms with Crippen LogP contribution < -0.4 is 11.0 Å². The van der Waals surface area contributed by atoms with Gasteiger partial charge in [0.25, 0.3) is 5.91 Å². The minimum atomic E-state index is -0.225. The van der Waals surface area contributed by atoms with E-state index in [2.05, 4.69) is 15.4 Å². The molecule has 1 aromatic carbocycles. The van der Waals surface area contributed by atoms with Crippen molar-refractivity contribution in [1.82, 2.24) is 24.5 Å². The summed E-state index contributed by atoms with van der Waals surface area (Å²) < 4.78 is 3.04.